The molecule has 0 fully saturated rings. The fourth-order valence-corrected chi connectivity index (χ4v) is 2.26. The van der Waals surface area contributed by atoms with Gasteiger partial charge in [0.15, 0.2) is 0 Å². The van der Waals surface area contributed by atoms with E-state index in [9.17, 15) is 0 Å². The molecule has 0 unspecified atom stereocenters. The largest absolute Gasteiger partial charge is 0.310 e. The van der Waals surface area contributed by atoms with E-state index < -0.39 is 0 Å². The van der Waals surface area contributed by atoms with Gasteiger partial charge in [-0.1, -0.05) is 58.0 Å². The Morgan fingerprint density at radius 3 is 1.88 bits per heavy atom. The van der Waals surface area contributed by atoms with Crippen LogP contribution in [0.15, 0.2) is 30.3 Å². The maximum absolute atomic E-state index is 3.70. The Morgan fingerprint density at radius 1 is 0.882 bits per heavy atom. The Morgan fingerprint density at radius 2 is 1.41 bits per heavy atom. The molecule has 0 spiro atoms. The van der Waals surface area contributed by atoms with E-state index in [0.717, 1.165) is 18.4 Å². The summed E-state index contributed by atoms with van der Waals surface area (Å²) in [5.74, 6) is 1.53. The molecule has 1 nitrogen and oxygen atoms in total. The van der Waals surface area contributed by atoms with Crippen LogP contribution in [0.2, 0.25) is 0 Å². The molecule has 0 saturated heterocycles. The van der Waals surface area contributed by atoms with Crippen LogP contribution in [-0.4, -0.2) is 6.04 Å². The SMILES string of the molecule is CC(C)CC(CC(C)C)NCc1ccccc1. The average molecular weight is 233 g/mol. The zero-order chi connectivity index (χ0) is 12.7. The molecule has 96 valence electrons. The van der Waals surface area contributed by atoms with Crippen molar-refractivity contribution in [3.63, 3.8) is 0 Å². The van der Waals surface area contributed by atoms with Crippen molar-refractivity contribution in [3.05, 3.63) is 35.9 Å². The van der Waals surface area contributed by atoms with Gasteiger partial charge in [0.1, 0.15) is 0 Å². The van der Waals surface area contributed by atoms with Crippen molar-refractivity contribution in [3.8, 4) is 0 Å². The molecule has 0 aromatic heterocycles. The fraction of sp³-hybridized carbons (Fsp3) is 0.625. The number of rotatable bonds is 7. The van der Waals surface area contributed by atoms with Crippen molar-refractivity contribution in [2.24, 2.45) is 11.8 Å². The van der Waals surface area contributed by atoms with Gasteiger partial charge < -0.3 is 5.32 Å². The highest BCUT2D eigenvalue weighted by atomic mass is 14.9. The lowest BCUT2D eigenvalue weighted by molar-refractivity contribution is 0.358. The summed E-state index contributed by atoms with van der Waals surface area (Å²) >= 11 is 0. The summed E-state index contributed by atoms with van der Waals surface area (Å²) in [6.45, 7) is 10.2. The van der Waals surface area contributed by atoms with Crippen LogP contribution in [0.5, 0.6) is 0 Å². The Kier molecular flexibility index (Phi) is 6.28. The van der Waals surface area contributed by atoms with E-state index in [2.05, 4.69) is 63.3 Å². The van der Waals surface area contributed by atoms with Gasteiger partial charge in [0, 0.05) is 12.6 Å². The smallest absolute Gasteiger partial charge is 0.0208 e. The molecule has 1 N–H and O–H groups in total. The molecule has 0 aliphatic carbocycles. The van der Waals surface area contributed by atoms with E-state index in [1.54, 1.807) is 0 Å². The molecule has 1 aromatic rings. The van der Waals surface area contributed by atoms with E-state index >= 15 is 0 Å². The fourth-order valence-electron chi connectivity index (χ4n) is 2.26. The summed E-state index contributed by atoms with van der Waals surface area (Å²) in [5, 5.41) is 3.70. The Balaban J connectivity index is 2.43. The monoisotopic (exact) mass is 233 g/mol. The van der Waals surface area contributed by atoms with Crippen LogP contribution < -0.4 is 5.32 Å². The van der Waals surface area contributed by atoms with Gasteiger partial charge in [-0.2, -0.15) is 0 Å². The third-order valence-corrected chi connectivity index (χ3v) is 2.95. The van der Waals surface area contributed by atoms with Crippen LogP contribution in [-0.2, 0) is 6.54 Å². The molecule has 0 amide bonds. The first kappa shape index (κ1) is 14.2. The molecule has 0 aliphatic heterocycles. The Bertz CT molecular complexity index is 280. The third kappa shape index (κ3) is 6.48. The average Bonchev–Trinajstić information content (AvgIpc) is 2.26. The van der Waals surface area contributed by atoms with Crippen LogP contribution in [0.1, 0.15) is 46.1 Å². The molecule has 0 radical (unpaired) electrons. The molecule has 1 aromatic carbocycles. The van der Waals surface area contributed by atoms with Gasteiger partial charge in [-0.3, -0.25) is 0 Å². The molecular weight excluding hydrogens is 206 g/mol. The van der Waals surface area contributed by atoms with Gasteiger partial charge in [-0.25, -0.2) is 0 Å². The topological polar surface area (TPSA) is 12.0 Å². The van der Waals surface area contributed by atoms with Crippen molar-refractivity contribution in [2.75, 3.05) is 0 Å². The van der Waals surface area contributed by atoms with E-state index in [1.165, 1.54) is 18.4 Å². The second-order valence-electron chi connectivity index (χ2n) is 5.82. The van der Waals surface area contributed by atoms with Crippen molar-refractivity contribution < 1.29 is 0 Å². The summed E-state index contributed by atoms with van der Waals surface area (Å²) in [6.07, 6.45) is 2.54. The lowest BCUT2D eigenvalue weighted by atomic mass is 9.95. The molecule has 17 heavy (non-hydrogen) atoms. The standard InChI is InChI=1S/C16H27N/c1-13(2)10-16(11-14(3)4)17-12-15-8-6-5-7-9-15/h5-9,13-14,16-17H,10-12H2,1-4H3. The molecule has 0 aliphatic rings. The normalized spacial score (nSPS) is 11.7. The zero-order valence-electron chi connectivity index (χ0n) is 11.7. The highest BCUT2D eigenvalue weighted by molar-refractivity contribution is 5.14. The van der Waals surface area contributed by atoms with Gasteiger partial charge >= 0.3 is 0 Å². The lowest BCUT2D eigenvalue weighted by Crippen LogP contribution is -2.31. The molecule has 0 heterocycles. The summed E-state index contributed by atoms with van der Waals surface area (Å²) in [7, 11) is 0. The van der Waals surface area contributed by atoms with Crippen LogP contribution in [0.3, 0.4) is 0 Å². The van der Waals surface area contributed by atoms with Crippen molar-refractivity contribution in [1.29, 1.82) is 0 Å². The van der Waals surface area contributed by atoms with E-state index in [-0.39, 0.29) is 0 Å². The maximum Gasteiger partial charge on any atom is 0.0208 e. The minimum atomic E-state index is 0.648. The van der Waals surface area contributed by atoms with Crippen molar-refractivity contribution in [1.82, 2.24) is 5.32 Å². The first-order chi connectivity index (χ1) is 8.08. The summed E-state index contributed by atoms with van der Waals surface area (Å²) in [4.78, 5) is 0. The first-order valence-electron chi connectivity index (χ1n) is 6.85. The Hall–Kier alpha value is -0.820. The van der Waals surface area contributed by atoms with E-state index in [0.29, 0.717) is 6.04 Å². The predicted molar refractivity (Wildman–Crippen MR) is 76.0 cm³/mol. The Labute approximate surface area is 107 Å². The van der Waals surface area contributed by atoms with Gasteiger partial charge in [0.05, 0.1) is 0 Å². The van der Waals surface area contributed by atoms with E-state index in [1.807, 2.05) is 0 Å². The number of nitrogens with one attached hydrogen (secondary N) is 1. The van der Waals surface area contributed by atoms with Crippen LogP contribution in [0.4, 0.5) is 0 Å². The summed E-state index contributed by atoms with van der Waals surface area (Å²) in [5.41, 5.74) is 1.38. The molecule has 0 atom stereocenters. The lowest BCUT2D eigenvalue weighted by Gasteiger charge is -2.22. The maximum atomic E-state index is 3.70. The van der Waals surface area contributed by atoms with Crippen molar-refractivity contribution >= 4 is 0 Å². The van der Waals surface area contributed by atoms with Gasteiger partial charge in [-0.05, 0) is 30.2 Å². The predicted octanol–water partition coefficient (Wildman–Crippen LogP) is 4.24. The molecule has 0 bridgehead atoms. The number of hydrogen-bond donors (Lipinski definition) is 1. The minimum Gasteiger partial charge on any atom is -0.310 e. The molecule has 1 rings (SSSR count). The molecule has 0 saturated carbocycles. The van der Waals surface area contributed by atoms with Crippen LogP contribution in [0, 0.1) is 11.8 Å². The van der Waals surface area contributed by atoms with E-state index in [4.69, 9.17) is 0 Å². The van der Waals surface area contributed by atoms with Crippen LogP contribution >= 0.6 is 0 Å². The van der Waals surface area contributed by atoms with Crippen molar-refractivity contribution in [2.45, 2.75) is 53.1 Å². The second kappa shape index (κ2) is 7.50. The zero-order valence-corrected chi connectivity index (χ0v) is 11.7. The van der Waals surface area contributed by atoms with Crippen LogP contribution in [0.25, 0.3) is 0 Å². The summed E-state index contributed by atoms with van der Waals surface area (Å²) < 4.78 is 0. The second-order valence-corrected chi connectivity index (χ2v) is 5.82. The van der Waals surface area contributed by atoms with Gasteiger partial charge in [0.25, 0.3) is 0 Å². The molecule has 1 heteroatoms. The third-order valence-electron chi connectivity index (χ3n) is 2.95. The van der Waals surface area contributed by atoms with Gasteiger partial charge in [-0.15, -0.1) is 0 Å². The summed E-state index contributed by atoms with van der Waals surface area (Å²) in [6, 6.07) is 11.3. The first-order valence-corrected chi connectivity index (χ1v) is 6.85. The molecular formula is C16H27N. The number of hydrogen-bond acceptors (Lipinski definition) is 1. The highest BCUT2D eigenvalue weighted by Gasteiger charge is 2.12. The number of benzene rings is 1. The quantitative estimate of drug-likeness (QED) is 0.743. The highest BCUT2D eigenvalue weighted by Crippen LogP contribution is 2.14. The minimum absolute atomic E-state index is 0.648. The van der Waals surface area contributed by atoms with Gasteiger partial charge in [0.2, 0.25) is 0 Å².